The SMILES string of the molecule is O=C(COc1ccccc1)N[C@@H]1C(=O)N2C(C(=O)OC(Cl)(Cl)CCl)C(O)CS[C@H]12. The maximum atomic E-state index is 12.5. The van der Waals surface area contributed by atoms with Gasteiger partial charge in [-0.1, -0.05) is 41.4 Å². The van der Waals surface area contributed by atoms with Gasteiger partial charge in [-0.2, -0.15) is 0 Å². The molecule has 12 heteroatoms. The van der Waals surface area contributed by atoms with E-state index in [0.29, 0.717) is 5.75 Å². The quantitative estimate of drug-likeness (QED) is 0.340. The van der Waals surface area contributed by atoms with Crippen LogP contribution in [0.15, 0.2) is 30.3 Å². The monoisotopic (exact) mass is 482 g/mol. The van der Waals surface area contributed by atoms with E-state index >= 15 is 0 Å². The van der Waals surface area contributed by atoms with Crippen LogP contribution in [0.2, 0.25) is 0 Å². The second-order valence-corrected chi connectivity index (χ2v) is 9.15. The fourth-order valence-corrected chi connectivity index (χ4v) is 4.51. The van der Waals surface area contributed by atoms with Crippen molar-refractivity contribution in [3.8, 4) is 5.75 Å². The molecule has 2 aliphatic heterocycles. The van der Waals surface area contributed by atoms with Gasteiger partial charge in [0, 0.05) is 5.75 Å². The standard InChI is InChI=1S/C17H17Cl3N2O6S/c18-8-17(19,20)28-16(26)13-10(23)7-29-15-12(14(25)22(13)15)21-11(24)6-27-9-4-2-1-3-5-9/h1-5,10,12-13,15,23H,6-8H2,(H,21,24)/t10?,12-,13?,15-/m1/s1. The van der Waals surface area contributed by atoms with Crippen LogP contribution in [0.5, 0.6) is 5.75 Å². The van der Waals surface area contributed by atoms with Gasteiger partial charge in [0.25, 0.3) is 10.4 Å². The number of aliphatic hydroxyl groups is 1. The molecule has 4 atom stereocenters. The molecule has 2 unspecified atom stereocenters. The fraction of sp³-hybridized carbons (Fsp3) is 0.471. The summed E-state index contributed by atoms with van der Waals surface area (Å²) in [5, 5.41) is 12.2. The van der Waals surface area contributed by atoms with Gasteiger partial charge in [-0.05, 0) is 12.1 Å². The number of rotatable bonds is 7. The lowest BCUT2D eigenvalue weighted by Gasteiger charge is -2.53. The highest BCUT2D eigenvalue weighted by Crippen LogP contribution is 2.39. The highest BCUT2D eigenvalue weighted by atomic mass is 35.5. The van der Waals surface area contributed by atoms with Crippen molar-refractivity contribution in [3.63, 3.8) is 0 Å². The number of fused-ring (bicyclic) bond motifs is 1. The largest absolute Gasteiger partial charge is 0.484 e. The zero-order valence-electron chi connectivity index (χ0n) is 14.8. The molecule has 2 heterocycles. The van der Waals surface area contributed by atoms with Crippen molar-refractivity contribution in [1.82, 2.24) is 10.2 Å². The maximum absolute atomic E-state index is 12.5. The van der Waals surface area contributed by atoms with E-state index in [-0.39, 0.29) is 12.4 Å². The summed E-state index contributed by atoms with van der Waals surface area (Å²) >= 11 is 18.2. The summed E-state index contributed by atoms with van der Waals surface area (Å²) in [6.45, 7) is -0.268. The van der Waals surface area contributed by atoms with Crippen LogP contribution in [0.1, 0.15) is 0 Å². The lowest BCUT2D eigenvalue weighted by Crippen LogP contribution is -2.77. The molecule has 1 aromatic rings. The molecule has 29 heavy (non-hydrogen) atoms. The Balaban J connectivity index is 1.59. The Labute approximate surface area is 185 Å². The lowest BCUT2D eigenvalue weighted by molar-refractivity contribution is -0.173. The van der Waals surface area contributed by atoms with Gasteiger partial charge in [-0.15, -0.1) is 23.4 Å². The minimum Gasteiger partial charge on any atom is -0.484 e. The van der Waals surface area contributed by atoms with Crippen LogP contribution in [-0.4, -0.2) is 74.1 Å². The van der Waals surface area contributed by atoms with Crippen molar-refractivity contribution in [2.75, 3.05) is 18.2 Å². The number of nitrogens with zero attached hydrogens (tertiary/aromatic N) is 1. The summed E-state index contributed by atoms with van der Waals surface area (Å²) in [5.41, 5.74) is 0. The summed E-state index contributed by atoms with van der Waals surface area (Å²) in [4.78, 5) is 38.2. The fourth-order valence-electron chi connectivity index (χ4n) is 2.95. The van der Waals surface area contributed by atoms with Gasteiger partial charge in [-0.3, -0.25) is 9.59 Å². The number of β-lactam (4-membered cyclic amide) rings is 1. The predicted molar refractivity (Wildman–Crippen MR) is 108 cm³/mol. The van der Waals surface area contributed by atoms with Gasteiger partial charge < -0.3 is 24.8 Å². The van der Waals surface area contributed by atoms with Crippen molar-refractivity contribution in [2.45, 2.75) is 28.1 Å². The topological polar surface area (TPSA) is 105 Å². The summed E-state index contributed by atoms with van der Waals surface area (Å²) in [6.07, 6.45) is -1.18. The third kappa shape index (κ3) is 5.03. The Morgan fingerprint density at radius 1 is 1.31 bits per heavy atom. The molecule has 2 aliphatic rings. The van der Waals surface area contributed by atoms with Gasteiger partial charge in [0.2, 0.25) is 5.91 Å². The summed E-state index contributed by atoms with van der Waals surface area (Å²) in [6, 6.07) is 6.62. The molecule has 0 aliphatic carbocycles. The minimum absolute atomic E-state index is 0.152. The second kappa shape index (κ2) is 9.18. The number of halogens is 3. The van der Waals surface area contributed by atoms with Crippen LogP contribution in [-0.2, 0) is 19.1 Å². The Bertz CT molecular complexity index is 784. The Kier molecular flexibility index (Phi) is 7.06. The molecule has 8 nitrogen and oxygen atoms in total. The van der Waals surface area contributed by atoms with E-state index in [9.17, 15) is 19.5 Å². The first kappa shape index (κ1) is 22.3. The van der Waals surface area contributed by atoms with E-state index in [1.54, 1.807) is 24.3 Å². The highest BCUT2D eigenvalue weighted by Gasteiger charge is 2.58. The summed E-state index contributed by atoms with van der Waals surface area (Å²) in [7, 11) is 0. The number of aliphatic hydroxyl groups excluding tert-OH is 1. The number of benzene rings is 1. The maximum Gasteiger partial charge on any atom is 0.334 e. The van der Waals surface area contributed by atoms with Crippen molar-refractivity contribution in [3.05, 3.63) is 30.3 Å². The molecule has 0 radical (unpaired) electrons. The molecule has 2 amide bonds. The van der Waals surface area contributed by atoms with Crippen molar-refractivity contribution < 1.29 is 29.0 Å². The second-order valence-electron chi connectivity index (χ2n) is 6.32. The Morgan fingerprint density at radius 2 is 2.00 bits per heavy atom. The number of hydrogen-bond acceptors (Lipinski definition) is 7. The van der Waals surface area contributed by atoms with Crippen LogP contribution in [0.3, 0.4) is 0 Å². The van der Waals surface area contributed by atoms with E-state index in [1.807, 2.05) is 6.07 Å². The Hall–Kier alpha value is -1.39. The number of thioether (sulfide) groups is 1. The first-order valence-electron chi connectivity index (χ1n) is 8.49. The number of esters is 1. The highest BCUT2D eigenvalue weighted by molar-refractivity contribution is 8.00. The third-order valence-electron chi connectivity index (χ3n) is 4.26. The number of carbonyl (C=O) groups is 3. The van der Waals surface area contributed by atoms with Crippen molar-refractivity contribution in [2.24, 2.45) is 0 Å². The molecule has 0 spiro atoms. The molecule has 1 aromatic carbocycles. The molecule has 2 saturated heterocycles. The van der Waals surface area contributed by atoms with Crippen molar-refractivity contribution >= 4 is 64.3 Å². The molecule has 0 aromatic heterocycles. The average molecular weight is 484 g/mol. The summed E-state index contributed by atoms with van der Waals surface area (Å²) < 4.78 is 8.27. The third-order valence-corrected chi connectivity index (χ3v) is 6.70. The van der Waals surface area contributed by atoms with E-state index in [4.69, 9.17) is 44.3 Å². The van der Waals surface area contributed by atoms with Crippen molar-refractivity contribution in [1.29, 1.82) is 0 Å². The lowest BCUT2D eigenvalue weighted by atomic mass is 9.99. The van der Waals surface area contributed by atoms with E-state index < -0.39 is 51.7 Å². The van der Waals surface area contributed by atoms with Crippen LogP contribution in [0.4, 0.5) is 0 Å². The zero-order valence-corrected chi connectivity index (χ0v) is 17.9. The van der Waals surface area contributed by atoms with Crippen LogP contribution in [0.25, 0.3) is 0 Å². The number of nitrogens with one attached hydrogen (secondary N) is 1. The summed E-state index contributed by atoms with van der Waals surface area (Å²) in [5.74, 6) is -1.71. The number of para-hydroxylation sites is 1. The average Bonchev–Trinajstić information content (AvgIpc) is 2.70. The molecular weight excluding hydrogens is 467 g/mol. The molecule has 3 rings (SSSR count). The zero-order chi connectivity index (χ0) is 21.2. The molecular formula is C17H17Cl3N2O6S. The van der Waals surface area contributed by atoms with Gasteiger partial charge in [-0.25, -0.2) is 4.79 Å². The molecule has 158 valence electrons. The number of carbonyl (C=O) groups excluding carboxylic acids is 3. The number of hydrogen-bond donors (Lipinski definition) is 2. The van der Waals surface area contributed by atoms with Gasteiger partial charge >= 0.3 is 5.97 Å². The molecule has 2 fully saturated rings. The molecule has 0 bridgehead atoms. The predicted octanol–water partition coefficient (Wildman–Crippen LogP) is 1.11. The number of ether oxygens (including phenoxy) is 2. The molecule has 0 saturated carbocycles. The number of amides is 2. The van der Waals surface area contributed by atoms with E-state index in [1.165, 1.54) is 11.8 Å². The van der Waals surface area contributed by atoms with E-state index in [0.717, 1.165) is 4.90 Å². The van der Waals surface area contributed by atoms with Crippen LogP contribution < -0.4 is 10.1 Å². The normalized spacial score (nSPS) is 26.2. The van der Waals surface area contributed by atoms with Gasteiger partial charge in [0.05, 0.1) is 12.0 Å². The first-order valence-corrected chi connectivity index (χ1v) is 10.8. The first-order chi connectivity index (χ1) is 13.7. The minimum atomic E-state index is -1.98. The van der Waals surface area contributed by atoms with E-state index in [2.05, 4.69) is 5.32 Å². The smallest absolute Gasteiger partial charge is 0.334 e. The van der Waals surface area contributed by atoms with Crippen LogP contribution in [0, 0.1) is 0 Å². The van der Waals surface area contributed by atoms with Gasteiger partial charge in [0.15, 0.2) is 12.6 Å². The van der Waals surface area contributed by atoms with Gasteiger partial charge in [0.1, 0.15) is 17.2 Å². The Morgan fingerprint density at radius 3 is 2.66 bits per heavy atom. The van der Waals surface area contributed by atoms with Crippen LogP contribution >= 0.6 is 46.6 Å². The number of alkyl halides is 3. The molecule has 2 N–H and O–H groups in total.